The summed E-state index contributed by atoms with van der Waals surface area (Å²) in [5.74, 6) is 0.412. The molecule has 0 radical (unpaired) electrons. The van der Waals surface area contributed by atoms with Gasteiger partial charge in [-0.1, -0.05) is 42.0 Å². The van der Waals surface area contributed by atoms with Crippen molar-refractivity contribution in [2.24, 2.45) is 0 Å². The Balaban J connectivity index is 1.54. The van der Waals surface area contributed by atoms with Crippen LogP contribution >= 0.6 is 0 Å². The van der Waals surface area contributed by atoms with E-state index in [1.165, 1.54) is 23.3 Å². The van der Waals surface area contributed by atoms with E-state index in [0.29, 0.717) is 18.9 Å². The molecule has 1 aliphatic heterocycles. The first-order valence-electron chi connectivity index (χ1n) is 8.37. The van der Waals surface area contributed by atoms with Crippen LogP contribution in [0.4, 0.5) is 10.1 Å². The summed E-state index contributed by atoms with van der Waals surface area (Å²) in [5.41, 5.74) is 5.45. The minimum atomic E-state index is -0.219. The van der Waals surface area contributed by atoms with Crippen molar-refractivity contribution in [1.82, 2.24) is 4.98 Å². The number of hydrogen-bond acceptors (Lipinski definition) is 3. The molecule has 126 valence electrons. The monoisotopic (exact) mass is 334 g/mol. The normalized spacial score (nSPS) is 15.8. The Morgan fingerprint density at radius 3 is 2.60 bits per heavy atom. The van der Waals surface area contributed by atoms with E-state index in [1.54, 1.807) is 12.1 Å². The number of nitrogens with zero attached hydrogens (tertiary/aromatic N) is 1. The second kappa shape index (κ2) is 6.55. The number of anilines is 1. The number of rotatable bonds is 3. The number of hydrogen-bond donors (Lipinski definition) is 1. The van der Waals surface area contributed by atoms with Crippen molar-refractivity contribution in [3.05, 3.63) is 88.9 Å². The highest BCUT2D eigenvalue weighted by Crippen LogP contribution is 2.33. The van der Waals surface area contributed by atoms with E-state index < -0.39 is 0 Å². The van der Waals surface area contributed by atoms with Crippen LogP contribution in [0, 0.1) is 12.7 Å². The van der Waals surface area contributed by atoms with Crippen LogP contribution in [0.5, 0.6) is 5.88 Å². The summed E-state index contributed by atoms with van der Waals surface area (Å²) in [5, 5.41) is 3.52. The minimum absolute atomic E-state index is 0.107. The number of halogens is 1. The largest absolute Gasteiger partial charge is 0.474 e. The molecule has 0 saturated heterocycles. The third-order valence-electron chi connectivity index (χ3n) is 4.43. The van der Waals surface area contributed by atoms with Crippen molar-refractivity contribution >= 4 is 5.69 Å². The van der Waals surface area contributed by atoms with E-state index in [-0.39, 0.29) is 11.9 Å². The molecule has 4 heteroatoms. The van der Waals surface area contributed by atoms with Gasteiger partial charge in [0.25, 0.3) is 0 Å². The van der Waals surface area contributed by atoms with Gasteiger partial charge in [0.1, 0.15) is 12.4 Å². The number of aryl methyl sites for hydroxylation is 1. The van der Waals surface area contributed by atoms with Crippen molar-refractivity contribution in [2.75, 3.05) is 11.9 Å². The minimum Gasteiger partial charge on any atom is -0.474 e. The molecule has 0 saturated carbocycles. The molecule has 0 aliphatic carbocycles. The molecule has 3 nitrogen and oxygen atoms in total. The predicted octanol–water partition coefficient (Wildman–Crippen LogP) is 4.67. The summed E-state index contributed by atoms with van der Waals surface area (Å²) in [7, 11) is 0. The van der Waals surface area contributed by atoms with Gasteiger partial charge in [-0.3, -0.25) is 0 Å². The van der Waals surface area contributed by atoms with Gasteiger partial charge in [0.15, 0.2) is 0 Å². The van der Waals surface area contributed by atoms with Crippen LogP contribution < -0.4 is 10.1 Å². The topological polar surface area (TPSA) is 34.1 Å². The second-order valence-electron chi connectivity index (χ2n) is 6.42. The molecule has 0 fully saturated rings. The zero-order chi connectivity index (χ0) is 17.2. The molecule has 0 spiro atoms. The Labute approximate surface area is 146 Å². The molecule has 1 atom stereocenters. The number of ether oxygens (including phenoxy) is 1. The number of fused-ring (bicyclic) bond motifs is 1. The average molecular weight is 334 g/mol. The number of pyridine rings is 1. The molecule has 25 heavy (non-hydrogen) atoms. The first-order valence-corrected chi connectivity index (χ1v) is 8.37. The van der Waals surface area contributed by atoms with Crippen molar-refractivity contribution in [2.45, 2.75) is 19.4 Å². The zero-order valence-electron chi connectivity index (χ0n) is 14.0. The Hall–Kier alpha value is -2.88. The standard InChI is InChI=1S/C21H19FN2O/c1-14-2-6-17(7-3-14)20-13-25-21-19(24-20)11-16(12-23-21)10-15-4-8-18(22)9-5-15/h2-9,11-12,20,24H,10,13H2,1H3/t20-/m1/s1. The van der Waals surface area contributed by atoms with E-state index in [0.717, 1.165) is 16.8 Å². The molecule has 0 bridgehead atoms. The molecule has 2 heterocycles. The molecule has 4 rings (SSSR count). The van der Waals surface area contributed by atoms with Crippen LogP contribution in [0.3, 0.4) is 0 Å². The number of aromatic nitrogens is 1. The van der Waals surface area contributed by atoms with Crippen molar-refractivity contribution in [1.29, 1.82) is 0 Å². The summed E-state index contributed by atoms with van der Waals surface area (Å²) in [6.07, 6.45) is 2.52. The van der Waals surface area contributed by atoms with Gasteiger partial charge in [-0.05, 0) is 48.2 Å². The van der Waals surface area contributed by atoms with Gasteiger partial charge in [-0.15, -0.1) is 0 Å². The smallest absolute Gasteiger partial charge is 0.237 e. The van der Waals surface area contributed by atoms with Gasteiger partial charge in [0, 0.05) is 6.20 Å². The summed E-state index contributed by atoms with van der Waals surface area (Å²) in [6, 6.07) is 17.2. The summed E-state index contributed by atoms with van der Waals surface area (Å²) in [6.45, 7) is 2.63. The van der Waals surface area contributed by atoms with Gasteiger partial charge in [-0.25, -0.2) is 9.37 Å². The van der Waals surface area contributed by atoms with E-state index >= 15 is 0 Å². The summed E-state index contributed by atoms with van der Waals surface area (Å²) in [4.78, 5) is 4.42. The van der Waals surface area contributed by atoms with Crippen molar-refractivity contribution in [3.63, 3.8) is 0 Å². The Bertz CT molecular complexity index is 875. The molecule has 1 N–H and O–H groups in total. The van der Waals surface area contributed by atoms with Crippen molar-refractivity contribution in [3.8, 4) is 5.88 Å². The van der Waals surface area contributed by atoms with E-state index in [2.05, 4.69) is 47.6 Å². The maximum absolute atomic E-state index is 13.0. The zero-order valence-corrected chi connectivity index (χ0v) is 14.0. The van der Waals surface area contributed by atoms with Crippen molar-refractivity contribution < 1.29 is 9.13 Å². The summed E-state index contributed by atoms with van der Waals surface area (Å²) < 4.78 is 18.9. The highest BCUT2D eigenvalue weighted by atomic mass is 19.1. The first kappa shape index (κ1) is 15.6. The molecule has 0 amide bonds. The molecule has 0 unspecified atom stereocenters. The highest BCUT2D eigenvalue weighted by molar-refractivity contribution is 5.57. The van der Waals surface area contributed by atoms with Gasteiger partial charge >= 0.3 is 0 Å². The fraction of sp³-hybridized carbons (Fsp3) is 0.190. The average Bonchev–Trinajstić information content (AvgIpc) is 2.64. The lowest BCUT2D eigenvalue weighted by atomic mass is 10.0. The first-order chi connectivity index (χ1) is 12.2. The van der Waals surface area contributed by atoms with Crippen LogP contribution in [-0.4, -0.2) is 11.6 Å². The van der Waals surface area contributed by atoms with Crippen LogP contribution in [0.1, 0.15) is 28.3 Å². The maximum Gasteiger partial charge on any atom is 0.237 e. The van der Waals surface area contributed by atoms with Gasteiger partial charge in [-0.2, -0.15) is 0 Å². The SMILES string of the molecule is Cc1ccc([C@H]2COc3ncc(Cc4ccc(F)cc4)cc3N2)cc1. The lowest BCUT2D eigenvalue weighted by Crippen LogP contribution is -2.24. The molecule has 2 aromatic carbocycles. The second-order valence-corrected chi connectivity index (χ2v) is 6.42. The highest BCUT2D eigenvalue weighted by Gasteiger charge is 2.21. The predicted molar refractivity (Wildman–Crippen MR) is 96.5 cm³/mol. The molecular formula is C21H19FN2O. The lowest BCUT2D eigenvalue weighted by molar-refractivity contribution is 0.275. The lowest BCUT2D eigenvalue weighted by Gasteiger charge is -2.27. The maximum atomic E-state index is 13.0. The van der Waals surface area contributed by atoms with Crippen LogP contribution in [0.15, 0.2) is 60.8 Å². The molecule has 1 aromatic heterocycles. The van der Waals surface area contributed by atoms with Crippen LogP contribution in [0.2, 0.25) is 0 Å². The third kappa shape index (κ3) is 3.48. The van der Waals surface area contributed by atoms with E-state index in [1.807, 2.05) is 6.20 Å². The molecular weight excluding hydrogens is 315 g/mol. The molecule has 3 aromatic rings. The van der Waals surface area contributed by atoms with Crippen LogP contribution in [0.25, 0.3) is 0 Å². The third-order valence-corrected chi connectivity index (χ3v) is 4.43. The Morgan fingerprint density at radius 1 is 1.08 bits per heavy atom. The quantitative estimate of drug-likeness (QED) is 0.756. The Kier molecular flexibility index (Phi) is 4.10. The van der Waals surface area contributed by atoms with E-state index in [4.69, 9.17) is 4.74 Å². The Morgan fingerprint density at radius 2 is 1.84 bits per heavy atom. The van der Waals surface area contributed by atoms with Crippen LogP contribution in [-0.2, 0) is 6.42 Å². The number of benzene rings is 2. The molecule has 1 aliphatic rings. The fourth-order valence-electron chi connectivity index (χ4n) is 3.02. The van der Waals surface area contributed by atoms with Gasteiger partial charge < -0.3 is 10.1 Å². The summed E-state index contributed by atoms with van der Waals surface area (Å²) >= 11 is 0. The van der Waals surface area contributed by atoms with Gasteiger partial charge in [0.2, 0.25) is 5.88 Å². The number of nitrogens with one attached hydrogen (secondary N) is 1. The fourth-order valence-corrected chi connectivity index (χ4v) is 3.02. The van der Waals surface area contributed by atoms with E-state index in [9.17, 15) is 4.39 Å². The van der Waals surface area contributed by atoms with Gasteiger partial charge in [0.05, 0.1) is 11.7 Å².